The van der Waals surface area contributed by atoms with E-state index in [0.717, 1.165) is 17.4 Å². The molecule has 28 heavy (non-hydrogen) atoms. The van der Waals surface area contributed by atoms with Gasteiger partial charge in [0, 0.05) is 8.80 Å². The first-order chi connectivity index (χ1) is 13.4. The van der Waals surface area contributed by atoms with Crippen molar-refractivity contribution in [3.8, 4) is 5.75 Å². The van der Waals surface area contributed by atoms with Crippen molar-refractivity contribution in [3.05, 3.63) is 29.8 Å². The van der Waals surface area contributed by atoms with Gasteiger partial charge in [-0.3, -0.25) is 0 Å². The first kappa shape index (κ1) is 21.7. The van der Waals surface area contributed by atoms with E-state index < -0.39 is 6.36 Å². The van der Waals surface area contributed by atoms with E-state index in [1.54, 1.807) is 18.1 Å². The van der Waals surface area contributed by atoms with Crippen molar-refractivity contribution in [1.29, 1.82) is 0 Å². The summed E-state index contributed by atoms with van der Waals surface area (Å²) in [6, 6.07) is 11.2. The van der Waals surface area contributed by atoms with Crippen LogP contribution in [0.25, 0.3) is 0 Å². The summed E-state index contributed by atoms with van der Waals surface area (Å²) in [7, 11) is -0.354. The molecule has 0 amide bonds. The van der Waals surface area contributed by atoms with Crippen LogP contribution in [-0.2, 0) is 0 Å². The highest BCUT2D eigenvalue weighted by molar-refractivity contribution is 6.58. The molecule has 1 aliphatic carbocycles. The van der Waals surface area contributed by atoms with Crippen LogP contribution in [0.1, 0.15) is 76.2 Å². The number of ether oxygens (including phenoxy) is 1. The molecule has 0 aromatic heterocycles. The molecule has 1 aromatic carbocycles. The molecule has 1 nitrogen and oxygen atoms in total. The molecule has 1 saturated carbocycles. The van der Waals surface area contributed by atoms with Crippen LogP contribution in [0.5, 0.6) is 5.75 Å². The summed E-state index contributed by atoms with van der Waals surface area (Å²) in [5, 5.41) is 0. The van der Waals surface area contributed by atoms with Crippen LogP contribution in [-0.4, -0.2) is 15.2 Å². The lowest BCUT2D eigenvalue weighted by Crippen LogP contribution is -2.22. The summed E-state index contributed by atoms with van der Waals surface area (Å²) in [6.45, 7) is 2.33. The zero-order chi connectivity index (χ0) is 20.0. The third kappa shape index (κ3) is 6.82. The zero-order valence-corrected chi connectivity index (χ0v) is 18.3. The second kappa shape index (κ2) is 10.2. The van der Waals surface area contributed by atoms with Gasteiger partial charge in [0.25, 0.3) is 0 Å². The third-order valence-electron chi connectivity index (χ3n) is 7.08. The normalized spacial score (nSPS) is 28.9. The van der Waals surface area contributed by atoms with Gasteiger partial charge in [-0.25, -0.2) is 0 Å². The highest BCUT2D eigenvalue weighted by Crippen LogP contribution is 2.40. The van der Waals surface area contributed by atoms with Crippen molar-refractivity contribution in [3.63, 3.8) is 0 Å². The van der Waals surface area contributed by atoms with E-state index in [2.05, 4.69) is 11.7 Å². The van der Waals surface area contributed by atoms with E-state index in [1.807, 2.05) is 12.1 Å². The first-order valence-electron chi connectivity index (χ1n) is 11.3. The number of rotatable bonds is 7. The molecule has 1 aliphatic heterocycles. The molecule has 2 aliphatic rings. The van der Waals surface area contributed by atoms with Crippen molar-refractivity contribution in [2.75, 3.05) is 0 Å². The van der Waals surface area contributed by atoms with Gasteiger partial charge in [0.05, 0.1) is 0 Å². The van der Waals surface area contributed by atoms with Crippen molar-refractivity contribution < 1.29 is 17.9 Å². The lowest BCUT2D eigenvalue weighted by atomic mass is 9.76. The average Bonchev–Trinajstić information content (AvgIpc) is 2.68. The molecule has 5 heteroatoms. The summed E-state index contributed by atoms with van der Waals surface area (Å²) < 4.78 is 40.8. The highest BCUT2D eigenvalue weighted by atomic mass is 28.3. The number of benzene rings is 1. The average molecular weight is 413 g/mol. The maximum atomic E-state index is 12.3. The summed E-state index contributed by atoms with van der Waals surface area (Å²) in [5.74, 6) is 2.21. The maximum Gasteiger partial charge on any atom is 0.573 e. The van der Waals surface area contributed by atoms with E-state index in [1.165, 1.54) is 69.9 Å². The fourth-order valence-corrected chi connectivity index (χ4v) is 8.98. The third-order valence-corrected chi connectivity index (χ3v) is 10.8. The van der Waals surface area contributed by atoms with Crippen LogP contribution in [0.4, 0.5) is 13.2 Å². The van der Waals surface area contributed by atoms with Gasteiger partial charge in [0.2, 0.25) is 0 Å². The zero-order valence-electron chi connectivity index (χ0n) is 17.1. The molecule has 1 aromatic rings. The van der Waals surface area contributed by atoms with Gasteiger partial charge in [-0.15, -0.1) is 13.2 Å². The van der Waals surface area contributed by atoms with Crippen LogP contribution in [0, 0.1) is 11.8 Å². The Kier molecular flexibility index (Phi) is 7.90. The Balaban J connectivity index is 1.36. The van der Waals surface area contributed by atoms with Crippen molar-refractivity contribution in [1.82, 2.24) is 0 Å². The van der Waals surface area contributed by atoms with Gasteiger partial charge in [-0.1, -0.05) is 69.3 Å². The SMILES string of the molecule is CCC[SiH]1CCC(CC[C@H]2CC[C@H](c3ccc(OC(F)(F)F)cc3)CC2)CC1. The van der Waals surface area contributed by atoms with Crippen molar-refractivity contribution in [2.45, 2.75) is 95.1 Å². The van der Waals surface area contributed by atoms with Crippen LogP contribution >= 0.6 is 0 Å². The summed E-state index contributed by atoms with van der Waals surface area (Å²) in [5.41, 5.74) is 1.16. The van der Waals surface area contributed by atoms with Gasteiger partial charge < -0.3 is 4.74 Å². The van der Waals surface area contributed by atoms with Crippen LogP contribution < -0.4 is 4.74 Å². The number of hydrogen-bond acceptors (Lipinski definition) is 1. The Morgan fingerprint density at radius 2 is 1.46 bits per heavy atom. The molecular formula is C23H35F3OSi. The van der Waals surface area contributed by atoms with Crippen molar-refractivity contribution >= 4 is 8.80 Å². The predicted octanol–water partition coefficient (Wildman–Crippen LogP) is 7.69. The minimum Gasteiger partial charge on any atom is -0.406 e. The predicted molar refractivity (Wildman–Crippen MR) is 112 cm³/mol. The molecule has 3 rings (SSSR count). The molecular weight excluding hydrogens is 377 g/mol. The topological polar surface area (TPSA) is 9.23 Å². The molecule has 0 bridgehead atoms. The molecule has 1 saturated heterocycles. The van der Waals surface area contributed by atoms with E-state index in [0.29, 0.717) is 5.92 Å². The number of hydrogen-bond donors (Lipinski definition) is 0. The fourth-order valence-electron chi connectivity index (χ4n) is 5.41. The molecule has 0 unspecified atom stereocenters. The molecule has 1 heterocycles. The van der Waals surface area contributed by atoms with Crippen LogP contribution in [0.3, 0.4) is 0 Å². The highest BCUT2D eigenvalue weighted by Gasteiger charge is 2.31. The van der Waals surface area contributed by atoms with E-state index in [4.69, 9.17) is 0 Å². The summed E-state index contributed by atoms with van der Waals surface area (Å²) in [4.78, 5) is 0. The maximum absolute atomic E-state index is 12.3. The van der Waals surface area contributed by atoms with Gasteiger partial charge in [0.1, 0.15) is 5.75 Å². The lowest BCUT2D eigenvalue weighted by Gasteiger charge is -2.32. The largest absolute Gasteiger partial charge is 0.573 e. The minimum atomic E-state index is -4.61. The fraction of sp³-hybridized carbons (Fsp3) is 0.739. The van der Waals surface area contributed by atoms with E-state index in [9.17, 15) is 13.2 Å². The standard InChI is InChI=1S/C23H35F3OSi/c1-2-15-28-16-13-19(14-17-28)4-3-18-5-7-20(8-6-18)21-9-11-22(12-10-21)27-23(24,25)26/h9-12,18-20,28H,2-8,13-17H2,1H3/t18-,19?,20-,28?. The van der Waals surface area contributed by atoms with Gasteiger partial charge >= 0.3 is 6.36 Å². The van der Waals surface area contributed by atoms with E-state index >= 15 is 0 Å². The molecule has 0 spiro atoms. The van der Waals surface area contributed by atoms with Gasteiger partial charge in [0.15, 0.2) is 0 Å². The Labute approximate surface area is 169 Å². The quantitative estimate of drug-likeness (QED) is 0.417. The second-order valence-corrected chi connectivity index (χ2v) is 12.6. The van der Waals surface area contributed by atoms with Crippen LogP contribution in [0.2, 0.25) is 18.1 Å². The molecule has 158 valence electrons. The lowest BCUT2D eigenvalue weighted by molar-refractivity contribution is -0.274. The van der Waals surface area contributed by atoms with Crippen LogP contribution in [0.15, 0.2) is 24.3 Å². The Morgan fingerprint density at radius 3 is 2.00 bits per heavy atom. The molecule has 0 N–H and O–H groups in total. The van der Waals surface area contributed by atoms with Crippen molar-refractivity contribution in [2.24, 2.45) is 11.8 Å². The monoisotopic (exact) mass is 412 g/mol. The Hall–Kier alpha value is -0.973. The summed E-state index contributed by atoms with van der Waals surface area (Å²) in [6.07, 6.45) is 7.45. The number of halogens is 3. The van der Waals surface area contributed by atoms with Gasteiger partial charge in [-0.05, 0) is 61.1 Å². The van der Waals surface area contributed by atoms with Gasteiger partial charge in [-0.2, -0.15) is 0 Å². The summed E-state index contributed by atoms with van der Waals surface area (Å²) >= 11 is 0. The Bertz CT molecular complexity index is 571. The second-order valence-electron chi connectivity index (χ2n) is 9.09. The smallest absolute Gasteiger partial charge is 0.406 e. The Morgan fingerprint density at radius 1 is 0.893 bits per heavy atom. The molecule has 0 atom stereocenters. The van der Waals surface area contributed by atoms with E-state index in [-0.39, 0.29) is 14.5 Å². The number of alkyl halides is 3. The minimum absolute atomic E-state index is 0.123. The molecule has 0 radical (unpaired) electrons. The molecule has 2 fully saturated rings. The first-order valence-corrected chi connectivity index (χ1v) is 13.7.